The van der Waals surface area contributed by atoms with E-state index in [-0.39, 0.29) is 18.6 Å². The van der Waals surface area contributed by atoms with Gasteiger partial charge in [0.05, 0.1) is 5.41 Å². The van der Waals surface area contributed by atoms with Crippen molar-refractivity contribution < 1.29 is 19.4 Å². The first-order valence-corrected chi connectivity index (χ1v) is 8.78. The van der Waals surface area contributed by atoms with Gasteiger partial charge in [-0.15, -0.1) is 0 Å². The van der Waals surface area contributed by atoms with E-state index in [2.05, 4.69) is 0 Å². The molecule has 26 heavy (non-hydrogen) atoms. The molecule has 0 aromatic heterocycles. The Morgan fingerprint density at radius 1 is 0.962 bits per heavy atom. The summed E-state index contributed by atoms with van der Waals surface area (Å²) in [5, 5.41) is 9.73. The molecule has 5 nitrogen and oxygen atoms in total. The van der Waals surface area contributed by atoms with E-state index in [0.29, 0.717) is 19.4 Å². The number of carboxylic acids is 1. The molecular weight excluding hydrogens is 330 g/mol. The molecule has 0 spiro atoms. The minimum absolute atomic E-state index is 0.189. The maximum Gasteiger partial charge on any atom is 0.410 e. The first kappa shape index (κ1) is 16.6. The number of benzene rings is 2. The highest BCUT2D eigenvalue weighted by molar-refractivity contribution is 5.80. The van der Waals surface area contributed by atoms with Crippen molar-refractivity contribution in [1.29, 1.82) is 0 Å². The second-order valence-electron chi connectivity index (χ2n) is 7.48. The van der Waals surface area contributed by atoms with Crippen molar-refractivity contribution in [2.24, 2.45) is 5.41 Å². The Balaban J connectivity index is 1.52. The largest absolute Gasteiger partial charge is 0.481 e. The Kier molecular flexibility index (Phi) is 3.94. The van der Waals surface area contributed by atoms with Crippen LogP contribution >= 0.6 is 0 Å². The molecule has 1 aliphatic carbocycles. The minimum atomic E-state index is -0.861. The van der Waals surface area contributed by atoms with E-state index >= 15 is 0 Å². The van der Waals surface area contributed by atoms with Crippen LogP contribution in [0.5, 0.6) is 0 Å². The van der Waals surface area contributed by atoms with Crippen LogP contribution in [-0.4, -0.2) is 35.2 Å². The van der Waals surface area contributed by atoms with Crippen LogP contribution in [0.4, 0.5) is 4.79 Å². The van der Waals surface area contributed by atoms with E-state index in [1.54, 1.807) is 4.90 Å². The Morgan fingerprint density at radius 2 is 1.58 bits per heavy atom. The van der Waals surface area contributed by atoms with E-state index < -0.39 is 17.5 Å². The lowest BCUT2D eigenvalue weighted by Crippen LogP contribution is -2.68. The average molecular weight is 351 g/mol. The van der Waals surface area contributed by atoms with Crippen molar-refractivity contribution >= 4 is 12.1 Å². The number of nitrogens with zero attached hydrogens (tertiary/aromatic N) is 1. The molecule has 0 unspecified atom stereocenters. The fraction of sp³-hybridized carbons (Fsp3) is 0.333. The molecule has 3 aliphatic rings. The molecule has 2 aromatic rings. The highest BCUT2D eigenvalue weighted by Crippen LogP contribution is 2.60. The van der Waals surface area contributed by atoms with Gasteiger partial charge < -0.3 is 14.7 Å². The molecule has 1 N–H and O–H groups in total. The lowest BCUT2D eigenvalue weighted by molar-refractivity contribution is -0.171. The zero-order valence-corrected chi connectivity index (χ0v) is 14.4. The summed E-state index contributed by atoms with van der Waals surface area (Å²) in [4.78, 5) is 26.0. The van der Waals surface area contributed by atoms with Crippen LogP contribution in [0.25, 0.3) is 0 Å². The van der Waals surface area contributed by atoms with Gasteiger partial charge in [0.25, 0.3) is 0 Å². The normalized spacial score (nSPS) is 26.7. The lowest BCUT2D eigenvalue weighted by Gasteiger charge is -2.61. The van der Waals surface area contributed by atoms with Gasteiger partial charge in [-0.05, 0) is 24.0 Å². The summed E-state index contributed by atoms with van der Waals surface area (Å²) < 4.78 is 5.44. The first-order chi connectivity index (χ1) is 12.5. The van der Waals surface area contributed by atoms with Crippen LogP contribution in [0.2, 0.25) is 0 Å². The summed E-state index contributed by atoms with van der Waals surface area (Å²) in [5.74, 6) is -0.829. The second kappa shape index (κ2) is 6.16. The number of rotatable bonds is 4. The molecule has 134 valence electrons. The number of hydrogen-bond acceptors (Lipinski definition) is 3. The van der Waals surface area contributed by atoms with Crippen molar-refractivity contribution in [2.45, 2.75) is 24.9 Å². The number of carbonyl (C=O) groups is 2. The third-order valence-electron chi connectivity index (χ3n) is 5.64. The maximum atomic E-state index is 12.6. The molecule has 0 atom stereocenters. The van der Waals surface area contributed by atoms with Crippen molar-refractivity contribution in [3.63, 3.8) is 0 Å². The number of piperidine rings is 2. The lowest BCUT2D eigenvalue weighted by atomic mass is 9.47. The topological polar surface area (TPSA) is 66.8 Å². The average Bonchev–Trinajstić information content (AvgIpc) is 2.66. The smallest absolute Gasteiger partial charge is 0.410 e. The number of carboxylic acid groups (broad SMARTS) is 1. The predicted octanol–water partition coefficient (Wildman–Crippen LogP) is 3.44. The third-order valence-corrected chi connectivity index (χ3v) is 5.64. The number of ether oxygens (including phenoxy) is 1. The van der Waals surface area contributed by atoms with Gasteiger partial charge in [-0.25, -0.2) is 4.79 Å². The molecule has 2 bridgehead atoms. The summed E-state index contributed by atoms with van der Waals surface area (Å²) in [5.41, 5.74) is 0.856. The van der Waals surface area contributed by atoms with Gasteiger partial charge in [-0.3, -0.25) is 4.79 Å². The fourth-order valence-electron chi connectivity index (χ4n) is 4.50. The maximum absolute atomic E-state index is 12.6. The van der Waals surface area contributed by atoms with Gasteiger partial charge in [0.15, 0.2) is 0 Å². The number of fused-ring (bicyclic) bond motifs is 2. The van der Waals surface area contributed by atoms with E-state index in [4.69, 9.17) is 4.74 Å². The van der Waals surface area contributed by atoms with Crippen LogP contribution in [0, 0.1) is 5.41 Å². The summed E-state index contributed by atoms with van der Waals surface area (Å²) in [6.45, 7) is 0.902. The molecule has 2 aliphatic heterocycles. The van der Waals surface area contributed by atoms with Crippen molar-refractivity contribution in [3.8, 4) is 0 Å². The van der Waals surface area contributed by atoms with Crippen LogP contribution in [0.15, 0.2) is 60.7 Å². The minimum Gasteiger partial charge on any atom is -0.481 e. The molecule has 1 amide bonds. The van der Waals surface area contributed by atoms with E-state index in [0.717, 1.165) is 11.1 Å². The Hall–Kier alpha value is -2.82. The Bertz CT molecular complexity index is 812. The van der Waals surface area contributed by atoms with Gasteiger partial charge in [-0.2, -0.15) is 0 Å². The Labute approximate surface area is 152 Å². The van der Waals surface area contributed by atoms with E-state index in [1.165, 1.54) is 0 Å². The number of amides is 1. The van der Waals surface area contributed by atoms with Crippen molar-refractivity contribution in [3.05, 3.63) is 71.8 Å². The molecule has 5 heteroatoms. The SMILES string of the molecule is O=C(OCc1ccccc1)N1CC2(C(=O)O)CC(c3ccccc3)(C1)C2. The van der Waals surface area contributed by atoms with Gasteiger partial charge in [0, 0.05) is 18.5 Å². The van der Waals surface area contributed by atoms with Crippen LogP contribution in [0.1, 0.15) is 24.0 Å². The highest BCUT2D eigenvalue weighted by Gasteiger charge is 2.65. The first-order valence-electron chi connectivity index (χ1n) is 8.78. The fourth-order valence-corrected chi connectivity index (χ4v) is 4.50. The molecule has 3 fully saturated rings. The third kappa shape index (κ3) is 2.73. The summed E-state index contributed by atoms with van der Waals surface area (Å²) in [6.07, 6.45) is 0.697. The quantitative estimate of drug-likeness (QED) is 0.916. The van der Waals surface area contributed by atoms with Crippen LogP contribution in [0.3, 0.4) is 0 Å². The molecular formula is C21H21NO4. The summed E-state index contributed by atoms with van der Waals surface area (Å²) >= 11 is 0. The molecule has 0 radical (unpaired) electrons. The Morgan fingerprint density at radius 3 is 2.19 bits per heavy atom. The number of carbonyl (C=O) groups excluding carboxylic acids is 1. The van der Waals surface area contributed by atoms with Gasteiger partial charge in [-0.1, -0.05) is 60.7 Å². The van der Waals surface area contributed by atoms with Gasteiger partial charge in [0.2, 0.25) is 0 Å². The van der Waals surface area contributed by atoms with Crippen LogP contribution < -0.4 is 0 Å². The zero-order chi connectivity index (χ0) is 18.2. The number of aliphatic carboxylic acids is 1. The van der Waals surface area contributed by atoms with Crippen molar-refractivity contribution in [2.75, 3.05) is 13.1 Å². The number of hydrogen-bond donors (Lipinski definition) is 1. The van der Waals surface area contributed by atoms with Gasteiger partial charge >= 0.3 is 12.1 Å². The van der Waals surface area contributed by atoms with E-state index in [9.17, 15) is 14.7 Å². The molecule has 2 aromatic carbocycles. The molecule has 1 saturated carbocycles. The summed E-state index contributed by atoms with van der Waals surface area (Å²) in [6, 6.07) is 19.4. The van der Waals surface area contributed by atoms with Gasteiger partial charge in [0.1, 0.15) is 6.61 Å². The molecule has 2 heterocycles. The second-order valence-corrected chi connectivity index (χ2v) is 7.48. The monoisotopic (exact) mass is 351 g/mol. The van der Waals surface area contributed by atoms with Crippen molar-refractivity contribution in [1.82, 2.24) is 4.90 Å². The standard InChI is InChI=1S/C21H21NO4/c23-18(24)21-12-20(13-21,17-9-5-2-6-10-17)14-22(15-21)19(25)26-11-16-7-3-1-4-8-16/h1-10H,11-15H2,(H,23,24). The highest BCUT2D eigenvalue weighted by atomic mass is 16.6. The molecule has 5 rings (SSSR count). The molecule has 2 saturated heterocycles. The van der Waals surface area contributed by atoms with E-state index in [1.807, 2.05) is 60.7 Å². The van der Waals surface area contributed by atoms with Crippen LogP contribution in [-0.2, 0) is 21.6 Å². The zero-order valence-electron chi connectivity index (χ0n) is 14.4. The summed E-state index contributed by atoms with van der Waals surface area (Å²) in [7, 11) is 0. The predicted molar refractivity (Wildman–Crippen MR) is 95.6 cm³/mol.